The van der Waals surface area contributed by atoms with Crippen molar-refractivity contribution >= 4 is 56.2 Å². The number of hydrogen-bond acceptors (Lipinski definition) is 5. The first-order chi connectivity index (χ1) is 9.83. The van der Waals surface area contributed by atoms with Crippen molar-refractivity contribution in [3.8, 4) is 0 Å². The van der Waals surface area contributed by atoms with Crippen molar-refractivity contribution in [2.45, 2.75) is 4.21 Å². The lowest BCUT2D eigenvalue weighted by Crippen LogP contribution is -2.12. The summed E-state index contributed by atoms with van der Waals surface area (Å²) in [6.45, 7) is 0. The standard InChI is InChI=1S/C12H9Cl2NO4S2/c1-19-12(16)8-6-7(2-3-9(8)13)15-21(17,18)11-5-4-10(14)20-11/h2-6,15H,1H3. The van der Waals surface area contributed by atoms with Gasteiger partial charge in [0.15, 0.2) is 0 Å². The lowest BCUT2D eigenvalue weighted by Gasteiger charge is -2.08. The van der Waals surface area contributed by atoms with Crippen molar-refractivity contribution in [3.63, 3.8) is 0 Å². The van der Waals surface area contributed by atoms with E-state index in [2.05, 4.69) is 9.46 Å². The summed E-state index contributed by atoms with van der Waals surface area (Å²) in [5.41, 5.74) is 0.271. The molecule has 1 N–H and O–H groups in total. The van der Waals surface area contributed by atoms with Gasteiger partial charge in [0.05, 0.1) is 22.0 Å². The molecule has 0 aliphatic rings. The predicted octanol–water partition coefficient (Wildman–Crippen LogP) is 3.64. The van der Waals surface area contributed by atoms with Crippen LogP contribution in [0.2, 0.25) is 9.36 Å². The van der Waals surface area contributed by atoms with Gasteiger partial charge in [0.25, 0.3) is 10.0 Å². The van der Waals surface area contributed by atoms with Gasteiger partial charge in [0, 0.05) is 5.69 Å². The van der Waals surface area contributed by atoms with E-state index in [1.165, 1.54) is 37.4 Å². The van der Waals surface area contributed by atoms with Gasteiger partial charge in [0.2, 0.25) is 0 Å². The van der Waals surface area contributed by atoms with Crippen molar-refractivity contribution in [2.75, 3.05) is 11.8 Å². The highest BCUT2D eigenvalue weighted by atomic mass is 35.5. The number of nitrogens with one attached hydrogen (secondary N) is 1. The third kappa shape index (κ3) is 3.68. The number of carbonyl (C=O) groups excluding carboxylic acids is 1. The zero-order chi connectivity index (χ0) is 15.6. The Labute approximate surface area is 135 Å². The highest BCUT2D eigenvalue weighted by Gasteiger charge is 2.18. The highest BCUT2D eigenvalue weighted by molar-refractivity contribution is 7.94. The number of carbonyl (C=O) groups is 1. The first-order valence-electron chi connectivity index (χ1n) is 5.49. The number of thiophene rings is 1. The number of methoxy groups -OCH3 is 1. The number of anilines is 1. The molecule has 9 heteroatoms. The maximum atomic E-state index is 12.1. The number of rotatable bonds is 4. The average molecular weight is 366 g/mol. The molecule has 0 aliphatic carbocycles. The van der Waals surface area contributed by atoms with Gasteiger partial charge in [-0.25, -0.2) is 13.2 Å². The van der Waals surface area contributed by atoms with E-state index in [-0.39, 0.29) is 20.5 Å². The molecular weight excluding hydrogens is 357 g/mol. The van der Waals surface area contributed by atoms with Gasteiger partial charge in [-0.3, -0.25) is 4.72 Å². The van der Waals surface area contributed by atoms with Crippen LogP contribution in [0, 0.1) is 0 Å². The molecule has 0 unspecified atom stereocenters. The van der Waals surface area contributed by atoms with Crippen LogP contribution in [0.1, 0.15) is 10.4 Å². The largest absolute Gasteiger partial charge is 0.465 e. The van der Waals surface area contributed by atoms with Crippen LogP contribution in [0.25, 0.3) is 0 Å². The molecule has 21 heavy (non-hydrogen) atoms. The number of benzene rings is 1. The van der Waals surface area contributed by atoms with E-state index in [4.69, 9.17) is 23.2 Å². The summed E-state index contributed by atoms with van der Waals surface area (Å²) in [7, 11) is -2.55. The first-order valence-corrected chi connectivity index (χ1v) is 8.55. The van der Waals surface area contributed by atoms with Crippen LogP contribution >= 0.6 is 34.5 Å². The molecule has 0 saturated heterocycles. The molecular formula is C12H9Cl2NO4S2. The summed E-state index contributed by atoms with van der Waals surface area (Å²) in [4.78, 5) is 11.5. The van der Waals surface area contributed by atoms with Crippen molar-refractivity contribution in [3.05, 3.63) is 45.3 Å². The third-order valence-electron chi connectivity index (χ3n) is 2.44. The van der Waals surface area contributed by atoms with E-state index in [0.717, 1.165) is 11.3 Å². The Bertz CT molecular complexity index is 786. The number of esters is 1. The zero-order valence-electron chi connectivity index (χ0n) is 10.6. The van der Waals surface area contributed by atoms with Gasteiger partial charge in [-0.15, -0.1) is 11.3 Å². The third-order valence-corrected chi connectivity index (χ3v) is 5.87. The van der Waals surface area contributed by atoms with Crippen LogP contribution in [-0.2, 0) is 14.8 Å². The number of halogens is 2. The molecule has 2 rings (SSSR count). The molecule has 0 fully saturated rings. The Morgan fingerprint density at radius 1 is 1.24 bits per heavy atom. The molecule has 5 nitrogen and oxygen atoms in total. The maximum Gasteiger partial charge on any atom is 0.339 e. The monoisotopic (exact) mass is 365 g/mol. The van der Waals surface area contributed by atoms with E-state index >= 15 is 0 Å². The number of sulfonamides is 1. The normalized spacial score (nSPS) is 11.2. The minimum atomic E-state index is -3.77. The predicted molar refractivity (Wildman–Crippen MR) is 82.9 cm³/mol. The van der Waals surface area contributed by atoms with Gasteiger partial charge < -0.3 is 4.74 Å². The van der Waals surface area contributed by atoms with Crippen LogP contribution in [0.15, 0.2) is 34.5 Å². The average Bonchev–Trinajstić information content (AvgIpc) is 2.87. The first kappa shape index (κ1) is 16.1. The fourth-order valence-electron chi connectivity index (χ4n) is 1.50. The molecule has 0 amide bonds. The lowest BCUT2D eigenvalue weighted by molar-refractivity contribution is 0.0601. The second-order valence-electron chi connectivity index (χ2n) is 3.85. The van der Waals surface area contributed by atoms with Gasteiger partial charge >= 0.3 is 5.97 Å². The summed E-state index contributed by atoms with van der Waals surface area (Å²) in [5.74, 6) is -0.653. The maximum absolute atomic E-state index is 12.1. The number of hydrogen-bond donors (Lipinski definition) is 1. The Hall–Kier alpha value is -1.28. The summed E-state index contributed by atoms with van der Waals surface area (Å²) in [6, 6.07) is 7.05. The molecule has 1 aromatic carbocycles. The van der Waals surface area contributed by atoms with Crippen LogP contribution in [0.5, 0.6) is 0 Å². The fourth-order valence-corrected chi connectivity index (χ4v) is 4.23. The quantitative estimate of drug-likeness (QED) is 0.839. The SMILES string of the molecule is COC(=O)c1cc(NS(=O)(=O)c2ccc(Cl)s2)ccc1Cl. The number of ether oxygens (including phenoxy) is 1. The van der Waals surface area contributed by atoms with Crippen LogP contribution in [0.4, 0.5) is 5.69 Å². The van der Waals surface area contributed by atoms with Crippen LogP contribution in [-0.4, -0.2) is 21.5 Å². The minimum Gasteiger partial charge on any atom is -0.465 e. The van der Waals surface area contributed by atoms with Gasteiger partial charge in [0.1, 0.15) is 4.21 Å². The smallest absolute Gasteiger partial charge is 0.339 e. The molecule has 112 valence electrons. The summed E-state index contributed by atoms with van der Waals surface area (Å²) in [6.07, 6.45) is 0. The van der Waals surface area contributed by atoms with Crippen LogP contribution in [0.3, 0.4) is 0 Å². The Morgan fingerprint density at radius 2 is 1.95 bits per heavy atom. The summed E-state index contributed by atoms with van der Waals surface area (Å²) < 4.78 is 31.6. The zero-order valence-corrected chi connectivity index (χ0v) is 13.7. The summed E-state index contributed by atoms with van der Waals surface area (Å²) in [5, 5.41) is 0.170. The van der Waals surface area contributed by atoms with E-state index in [1.807, 2.05) is 0 Å². The van der Waals surface area contributed by atoms with Crippen molar-refractivity contribution in [1.82, 2.24) is 0 Å². The van der Waals surface area contributed by atoms with Crippen molar-refractivity contribution < 1.29 is 17.9 Å². The topological polar surface area (TPSA) is 72.5 Å². The molecule has 0 aliphatic heterocycles. The highest BCUT2D eigenvalue weighted by Crippen LogP contribution is 2.28. The van der Waals surface area contributed by atoms with Crippen LogP contribution < -0.4 is 4.72 Å². The van der Waals surface area contributed by atoms with Gasteiger partial charge in [-0.05, 0) is 30.3 Å². The summed E-state index contributed by atoms with van der Waals surface area (Å²) >= 11 is 12.5. The molecule has 0 bridgehead atoms. The van der Waals surface area contributed by atoms with E-state index in [0.29, 0.717) is 4.34 Å². The molecule has 2 aromatic rings. The molecule has 0 atom stereocenters. The Morgan fingerprint density at radius 3 is 2.52 bits per heavy atom. The van der Waals surface area contributed by atoms with Crippen molar-refractivity contribution in [2.24, 2.45) is 0 Å². The molecule has 1 heterocycles. The lowest BCUT2D eigenvalue weighted by atomic mass is 10.2. The molecule has 0 saturated carbocycles. The van der Waals surface area contributed by atoms with Crippen molar-refractivity contribution in [1.29, 1.82) is 0 Å². The van der Waals surface area contributed by atoms with E-state index < -0.39 is 16.0 Å². The van der Waals surface area contributed by atoms with E-state index in [1.54, 1.807) is 0 Å². The van der Waals surface area contributed by atoms with Gasteiger partial charge in [-0.2, -0.15) is 0 Å². The molecule has 1 aromatic heterocycles. The second-order valence-corrected chi connectivity index (χ2v) is 7.88. The van der Waals surface area contributed by atoms with E-state index in [9.17, 15) is 13.2 Å². The van der Waals surface area contributed by atoms with Gasteiger partial charge in [-0.1, -0.05) is 23.2 Å². The second kappa shape index (κ2) is 6.23. The Balaban J connectivity index is 2.34. The molecule has 0 radical (unpaired) electrons. The minimum absolute atomic E-state index is 0.0714. The molecule has 0 spiro atoms. The Kier molecular flexibility index (Phi) is 4.77. The fraction of sp³-hybridized carbons (Fsp3) is 0.0833.